The van der Waals surface area contributed by atoms with Gasteiger partial charge in [-0.2, -0.15) is 8.42 Å². The first-order valence-electron chi connectivity index (χ1n) is 8.54. The molecule has 0 aliphatic carbocycles. The molecule has 5 N–H and O–H groups in total. The first-order valence-corrected chi connectivity index (χ1v) is 9.98. The molecule has 9 nitrogen and oxygen atoms in total. The van der Waals surface area contributed by atoms with E-state index in [1.54, 1.807) is 17.1 Å². The Kier molecular flexibility index (Phi) is 7.09. The van der Waals surface area contributed by atoms with Crippen LogP contribution in [0.1, 0.15) is 5.56 Å². The summed E-state index contributed by atoms with van der Waals surface area (Å²) < 4.78 is 35.7. The van der Waals surface area contributed by atoms with Crippen molar-refractivity contribution in [2.45, 2.75) is 11.8 Å². The highest BCUT2D eigenvalue weighted by molar-refractivity contribution is 7.85. The SMILES string of the molecule is Cc1ccc(S(=O)(=O)O)cc1.NCC[N+]1(C2=NCCN2N)CCOCC1. The lowest BCUT2D eigenvalue weighted by Gasteiger charge is -2.41. The Morgan fingerprint density at radius 1 is 1.27 bits per heavy atom. The fourth-order valence-corrected chi connectivity index (χ4v) is 3.52. The first-order chi connectivity index (χ1) is 12.3. The Morgan fingerprint density at radius 3 is 2.35 bits per heavy atom. The van der Waals surface area contributed by atoms with Gasteiger partial charge in [0, 0.05) is 6.54 Å². The van der Waals surface area contributed by atoms with Gasteiger partial charge in [-0.25, -0.2) is 15.8 Å². The van der Waals surface area contributed by atoms with Crippen molar-refractivity contribution in [2.24, 2.45) is 16.6 Å². The lowest BCUT2D eigenvalue weighted by Crippen LogP contribution is -2.65. The molecule has 0 spiro atoms. The maximum Gasteiger partial charge on any atom is 0.314 e. The van der Waals surface area contributed by atoms with Gasteiger partial charge in [0.1, 0.15) is 13.1 Å². The highest BCUT2D eigenvalue weighted by atomic mass is 32.2. The van der Waals surface area contributed by atoms with E-state index in [0.717, 1.165) is 61.9 Å². The van der Waals surface area contributed by atoms with E-state index in [9.17, 15) is 8.42 Å². The van der Waals surface area contributed by atoms with E-state index in [0.29, 0.717) is 6.54 Å². The number of hydrogen-bond donors (Lipinski definition) is 3. The summed E-state index contributed by atoms with van der Waals surface area (Å²) >= 11 is 0. The summed E-state index contributed by atoms with van der Waals surface area (Å²) in [5.74, 6) is 6.92. The van der Waals surface area contributed by atoms with Gasteiger partial charge in [-0.15, -0.1) is 0 Å². The van der Waals surface area contributed by atoms with E-state index in [4.69, 9.17) is 20.9 Å². The molecule has 0 atom stereocenters. The van der Waals surface area contributed by atoms with Crippen molar-refractivity contribution in [2.75, 3.05) is 52.5 Å². The van der Waals surface area contributed by atoms with Crippen LogP contribution >= 0.6 is 0 Å². The third-order valence-corrected chi connectivity index (χ3v) is 5.35. The highest BCUT2D eigenvalue weighted by Gasteiger charge is 2.40. The van der Waals surface area contributed by atoms with Gasteiger partial charge in [0.05, 0.1) is 37.7 Å². The number of hydrogen-bond acceptors (Lipinski definition) is 7. The fraction of sp³-hybridized carbons (Fsp3) is 0.562. The normalized spacial score (nSPS) is 19.5. The maximum absolute atomic E-state index is 10.5. The fourth-order valence-electron chi connectivity index (χ4n) is 3.04. The Morgan fingerprint density at radius 2 is 1.88 bits per heavy atom. The second kappa shape index (κ2) is 8.89. The third kappa shape index (κ3) is 5.22. The van der Waals surface area contributed by atoms with Crippen molar-refractivity contribution in [1.29, 1.82) is 0 Å². The second-order valence-electron chi connectivity index (χ2n) is 6.38. The number of aliphatic imine (C=N–C) groups is 1. The number of quaternary nitrogens is 1. The number of benzene rings is 1. The molecule has 1 fully saturated rings. The molecule has 0 bridgehead atoms. The van der Waals surface area contributed by atoms with Crippen molar-refractivity contribution in [3.05, 3.63) is 29.8 Å². The van der Waals surface area contributed by atoms with Gasteiger partial charge in [-0.1, -0.05) is 17.7 Å². The van der Waals surface area contributed by atoms with Gasteiger partial charge < -0.3 is 10.5 Å². The van der Waals surface area contributed by atoms with E-state index in [1.165, 1.54) is 12.1 Å². The molecule has 2 aliphatic rings. The molecule has 0 aromatic heterocycles. The molecule has 0 unspecified atom stereocenters. The molecule has 26 heavy (non-hydrogen) atoms. The van der Waals surface area contributed by atoms with Crippen LogP contribution in [0.5, 0.6) is 0 Å². The van der Waals surface area contributed by atoms with Gasteiger partial charge in [0.25, 0.3) is 10.1 Å². The second-order valence-corrected chi connectivity index (χ2v) is 7.80. The Balaban J connectivity index is 0.000000197. The highest BCUT2D eigenvalue weighted by Crippen LogP contribution is 2.16. The quantitative estimate of drug-likeness (QED) is 0.365. The molecular formula is C16H28N5O4S+. The minimum absolute atomic E-state index is 0.0666. The molecule has 10 heteroatoms. The predicted molar refractivity (Wildman–Crippen MR) is 98.9 cm³/mol. The number of ether oxygens (including phenoxy) is 1. The molecular weight excluding hydrogens is 358 g/mol. The van der Waals surface area contributed by atoms with Crippen molar-refractivity contribution in [3.63, 3.8) is 0 Å². The van der Waals surface area contributed by atoms with Gasteiger partial charge >= 0.3 is 5.96 Å². The summed E-state index contributed by atoms with van der Waals surface area (Å²) in [6, 6.07) is 5.99. The summed E-state index contributed by atoms with van der Waals surface area (Å²) in [5.41, 5.74) is 6.64. The molecule has 0 radical (unpaired) electrons. The number of nitrogens with two attached hydrogens (primary N) is 2. The Hall–Kier alpha value is -1.56. The Bertz CT molecular complexity index is 709. The molecule has 0 saturated carbocycles. The van der Waals surface area contributed by atoms with Crippen molar-refractivity contribution < 1.29 is 22.2 Å². The molecule has 1 aromatic rings. The number of rotatable bonds is 3. The molecule has 1 saturated heterocycles. The Labute approximate surface area is 154 Å². The lowest BCUT2D eigenvalue weighted by atomic mass is 10.2. The van der Waals surface area contributed by atoms with E-state index in [1.807, 2.05) is 6.92 Å². The summed E-state index contributed by atoms with van der Waals surface area (Å²) in [6.07, 6.45) is 0. The smallest absolute Gasteiger partial charge is 0.314 e. The molecule has 1 aromatic carbocycles. The molecule has 2 heterocycles. The van der Waals surface area contributed by atoms with Crippen LogP contribution in [-0.4, -0.2) is 80.9 Å². The van der Waals surface area contributed by atoms with Crippen LogP contribution < -0.4 is 11.6 Å². The van der Waals surface area contributed by atoms with E-state index in [2.05, 4.69) is 4.99 Å². The van der Waals surface area contributed by atoms with Crippen LogP contribution in [0.3, 0.4) is 0 Å². The zero-order chi connectivity index (χ0) is 19.2. The van der Waals surface area contributed by atoms with Crippen LogP contribution in [0.2, 0.25) is 0 Å². The summed E-state index contributed by atoms with van der Waals surface area (Å²) in [6.45, 7) is 8.43. The topological polar surface area (TPSA) is 131 Å². The first kappa shape index (κ1) is 20.7. The van der Waals surface area contributed by atoms with Crippen LogP contribution in [0, 0.1) is 6.92 Å². The van der Waals surface area contributed by atoms with E-state index >= 15 is 0 Å². The van der Waals surface area contributed by atoms with Gasteiger partial charge in [-0.05, 0) is 19.1 Å². The van der Waals surface area contributed by atoms with Gasteiger partial charge in [-0.3, -0.25) is 9.04 Å². The molecule has 3 rings (SSSR count). The van der Waals surface area contributed by atoms with Crippen LogP contribution in [0.25, 0.3) is 0 Å². The number of morpholine rings is 1. The zero-order valence-corrected chi connectivity index (χ0v) is 15.9. The largest absolute Gasteiger partial charge is 0.370 e. The number of hydrazine groups is 1. The standard InChI is InChI=1S/C9H20N5O.C7H8O3S/c10-1-4-14(5-7-15-8-6-14)9-12-2-3-13(9)11;1-6-2-4-7(5-3-6)11(8,9)10/h1-8,10-11H2;2-5H,1H3,(H,8,9,10)/q+1;. The van der Waals surface area contributed by atoms with E-state index in [-0.39, 0.29) is 4.90 Å². The lowest BCUT2D eigenvalue weighted by molar-refractivity contribution is -0.854. The van der Waals surface area contributed by atoms with Crippen molar-refractivity contribution in [1.82, 2.24) is 5.01 Å². The summed E-state index contributed by atoms with van der Waals surface area (Å²) in [7, 11) is -4.02. The third-order valence-electron chi connectivity index (χ3n) is 4.48. The molecule has 146 valence electrons. The molecule has 0 amide bonds. The maximum atomic E-state index is 10.5. The van der Waals surface area contributed by atoms with E-state index < -0.39 is 10.1 Å². The molecule has 2 aliphatic heterocycles. The zero-order valence-electron chi connectivity index (χ0n) is 15.0. The van der Waals surface area contributed by atoms with Crippen molar-refractivity contribution >= 4 is 16.1 Å². The number of aryl methyl sites for hydroxylation is 1. The van der Waals surface area contributed by atoms with Gasteiger partial charge in [0.2, 0.25) is 0 Å². The predicted octanol–water partition coefficient (Wildman–Crippen LogP) is -0.421. The monoisotopic (exact) mass is 386 g/mol. The van der Waals surface area contributed by atoms with Gasteiger partial charge in [0.15, 0.2) is 0 Å². The van der Waals surface area contributed by atoms with Crippen molar-refractivity contribution in [3.8, 4) is 0 Å². The number of guanidine groups is 1. The summed E-state index contributed by atoms with van der Waals surface area (Å²) in [4.78, 5) is 4.44. The van der Waals surface area contributed by atoms with Crippen LogP contribution in [-0.2, 0) is 14.9 Å². The minimum atomic E-state index is -4.02. The average Bonchev–Trinajstić information content (AvgIpc) is 3.03. The number of nitrogens with zero attached hydrogens (tertiary/aromatic N) is 3. The van der Waals surface area contributed by atoms with Crippen LogP contribution in [0.15, 0.2) is 34.2 Å². The average molecular weight is 386 g/mol. The van der Waals surface area contributed by atoms with Crippen LogP contribution in [0.4, 0.5) is 0 Å². The minimum Gasteiger partial charge on any atom is -0.370 e. The summed E-state index contributed by atoms with van der Waals surface area (Å²) in [5, 5.41) is 1.76.